The standard InChI is InChI=1S/C23H31N7/c1-4-23(2,3)30-22(25-26-27-30)21(29-14-13-28-12-6-8-19(28)16-29)18-9-10-20-17(15-18)7-5-11-24-20/h5,7,9-11,15,19,21H,4,6,8,12-14,16H2,1-3H3/t19-,21+/m1/s1. The Morgan fingerprint density at radius 3 is 2.93 bits per heavy atom. The molecule has 7 nitrogen and oxygen atoms in total. The van der Waals surface area contributed by atoms with E-state index in [0.717, 1.165) is 42.8 Å². The molecule has 2 aliphatic heterocycles. The molecular formula is C23H31N7. The van der Waals surface area contributed by atoms with Crippen molar-refractivity contribution in [2.75, 3.05) is 26.2 Å². The maximum Gasteiger partial charge on any atom is 0.173 e. The van der Waals surface area contributed by atoms with Gasteiger partial charge in [0.15, 0.2) is 5.82 Å². The van der Waals surface area contributed by atoms with Gasteiger partial charge in [-0.05, 0) is 73.8 Å². The van der Waals surface area contributed by atoms with Crippen LogP contribution in [0.3, 0.4) is 0 Å². The summed E-state index contributed by atoms with van der Waals surface area (Å²) in [6.45, 7) is 11.1. The van der Waals surface area contributed by atoms with Gasteiger partial charge in [-0.15, -0.1) is 5.10 Å². The SMILES string of the molecule is CCC(C)(C)n1nnnc1[C@H](c1ccc2ncccc2c1)N1CCN2CCC[C@@H]2C1. The lowest BCUT2D eigenvalue weighted by Gasteiger charge is -2.42. The molecular weight excluding hydrogens is 374 g/mol. The summed E-state index contributed by atoms with van der Waals surface area (Å²) in [5.41, 5.74) is 2.13. The molecule has 158 valence electrons. The van der Waals surface area contributed by atoms with E-state index >= 15 is 0 Å². The van der Waals surface area contributed by atoms with Gasteiger partial charge in [0, 0.05) is 37.3 Å². The van der Waals surface area contributed by atoms with E-state index in [-0.39, 0.29) is 11.6 Å². The first-order chi connectivity index (χ1) is 14.6. The van der Waals surface area contributed by atoms with Crippen LogP contribution in [0.2, 0.25) is 0 Å². The number of pyridine rings is 1. The van der Waals surface area contributed by atoms with E-state index in [2.05, 4.69) is 75.3 Å². The van der Waals surface area contributed by atoms with E-state index in [9.17, 15) is 0 Å². The highest BCUT2D eigenvalue weighted by atomic mass is 15.6. The highest BCUT2D eigenvalue weighted by Gasteiger charge is 2.38. The van der Waals surface area contributed by atoms with Crippen LogP contribution >= 0.6 is 0 Å². The van der Waals surface area contributed by atoms with Crippen molar-refractivity contribution in [3.05, 3.63) is 47.9 Å². The first kappa shape index (κ1) is 19.6. The highest BCUT2D eigenvalue weighted by molar-refractivity contribution is 5.79. The van der Waals surface area contributed by atoms with Crippen molar-refractivity contribution < 1.29 is 0 Å². The molecule has 0 spiro atoms. The lowest BCUT2D eigenvalue weighted by Crippen LogP contribution is -2.51. The highest BCUT2D eigenvalue weighted by Crippen LogP contribution is 2.35. The van der Waals surface area contributed by atoms with E-state index in [1.807, 2.05) is 16.9 Å². The number of fused-ring (bicyclic) bond motifs is 2. The monoisotopic (exact) mass is 405 g/mol. The summed E-state index contributed by atoms with van der Waals surface area (Å²) in [6.07, 6.45) is 5.42. The second kappa shape index (κ2) is 7.71. The van der Waals surface area contributed by atoms with Crippen LogP contribution in [-0.4, -0.2) is 67.2 Å². The van der Waals surface area contributed by atoms with E-state index in [1.54, 1.807) is 0 Å². The second-order valence-corrected chi connectivity index (χ2v) is 9.30. The van der Waals surface area contributed by atoms with Crippen molar-refractivity contribution in [3.63, 3.8) is 0 Å². The minimum atomic E-state index is -0.134. The van der Waals surface area contributed by atoms with Crippen molar-refractivity contribution in [1.82, 2.24) is 35.0 Å². The second-order valence-electron chi connectivity index (χ2n) is 9.30. The molecule has 0 radical (unpaired) electrons. The van der Waals surface area contributed by atoms with Gasteiger partial charge in [-0.25, -0.2) is 4.68 Å². The predicted molar refractivity (Wildman–Crippen MR) is 117 cm³/mol. The quantitative estimate of drug-likeness (QED) is 0.649. The van der Waals surface area contributed by atoms with Gasteiger partial charge in [0.2, 0.25) is 0 Å². The zero-order chi connectivity index (χ0) is 20.7. The molecule has 3 aromatic rings. The third-order valence-electron chi connectivity index (χ3n) is 7.10. The normalized spacial score (nSPS) is 21.8. The van der Waals surface area contributed by atoms with Crippen LogP contribution in [0.1, 0.15) is 57.5 Å². The lowest BCUT2D eigenvalue weighted by atomic mass is 9.97. The first-order valence-corrected chi connectivity index (χ1v) is 11.2. The summed E-state index contributed by atoms with van der Waals surface area (Å²) in [7, 11) is 0. The van der Waals surface area contributed by atoms with Crippen LogP contribution in [0.15, 0.2) is 36.5 Å². The minimum Gasteiger partial charge on any atom is -0.298 e. The molecule has 2 saturated heterocycles. The maximum atomic E-state index is 4.58. The van der Waals surface area contributed by atoms with Crippen molar-refractivity contribution in [1.29, 1.82) is 0 Å². The number of aromatic nitrogens is 5. The number of nitrogens with zero attached hydrogens (tertiary/aromatic N) is 7. The summed E-state index contributed by atoms with van der Waals surface area (Å²) in [4.78, 5) is 9.75. The molecule has 5 rings (SSSR count). The molecule has 0 unspecified atom stereocenters. The number of tetrazole rings is 1. The Kier molecular flexibility index (Phi) is 5.03. The molecule has 0 saturated carbocycles. The average molecular weight is 406 g/mol. The third-order valence-corrected chi connectivity index (χ3v) is 7.10. The molecule has 2 atom stereocenters. The van der Waals surface area contributed by atoms with Crippen LogP contribution in [0.25, 0.3) is 10.9 Å². The number of hydrogen-bond donors (Lipinski definition) is 0. The van der Waals surface area contributed by atoms with Crippen LogP contribution < -0.4 is 0 Å². The molecule has 0 aliphatic carbocycles. The van der Waals surface area contributed by atoms with Gasteiger partial charge >= 0.3 is 0 Å². The van der Waals surface area contributed by atoms with Crippen LogP contribution in [0.4, 0.5) is 0 Å². The fourth-order valence-electron chi connectivity index (χ4n) is 4.98. The Bertz CT molecular complexity index is 1030. The van der Waals surface area contributed by atoms with Crippen molar-refractivity contribution in [3.8, 4) is 0 Å². The van der Waals surface area contributed by atoms with E-state index < -0.39 is 0 Å². The van der Waals surface area contributed by atoms with Gasteiger partial charge in [0.25, 0.3) is 0 Å². The summed E-state index contributed by atoms with van der Waals surface area (Å²) < 4.78 is 2.05. The van der Waals surface area contributed by atoms with E-state index in [0.29, 0.717) is 6.04 Å². The fourth-order valence-corrected chi connectivity index (χ4v) is 4.98. The molecule has 30 heavy (non-hydrogen) atoms. The number of piperazine rings is 1. The molecule has 0 N–H and O–H groups in total. The molecule has 0 bridgehead atoms. The van der Waals surface area contributed by atoms with Crippen LogP contribution in [-0.2, 0) is 5.54 Å². The Hall–Kier alpha value is -2.38. The van der Waals surface area contributed by atoms with Crippen LogP contribution in [0.5, 0.6) is 0 Å². The lowest BCUT2D eigenvalue weighted by molar-refractivity contribution is 0.0771. The van der Waals surface area contributed by atoms with Crippen molar-refractivity contribution in [2.24, 2.45) is 0 Å². The summed E-state index contributed by atoms with van der Waals surface area (Å²) in [5, 5.41) is 14.3. The smallest absolute Gasteiger partial charge is 0.173 e. The minimum absolute atomic E-state index is 0.0400. The Balaban J connectivity index is 1.60. The maximum absolute atomic E-state index is 4.58. The molecule has 7 heteroatoms. The largest absolute Gasteiger partial charge is 0.298 e. The Morgan fingerprint density at radius 1 is 1.17 bits per heavy atom. The Morgan fingerprint density at radius 2 is 2.07 bits per heavy atom. The third kappa shape index (κ3) is 3.40. The average Bonchev–Trinajstić information content (AvgIpc) is 3.43. The van der Waals surface area contributed by atoms with Gasteiger partial charge in [0.1, 0.15) is 0 Å². The van der Waals surface area contributed by atoms with Crippen molar-refractivity contribution in [2.45, 2.75) is 57.7 Å². The van der Waals surface area contributed by atoms with Gasteiger partial charge in [-0.3, -0.25) is 14.8 Å². The van der Waals surface area contributed by atoms with Crippen molar-refractivity contribution >= 4 is 10.9 Å². The first-order valence-electron chi connectivity index (χ1n) is 11.2. The summed E-state index contributed by atoms with van der Waals surface area (Å²) in [5.74, 6) is 0.941. The summed E-state index contributed by atoms with van der Waals surface area (Å²) >= 11 is 0. The molecule has 2 aromatic heterocycles. The van der Waals surface area contributed by atoms with Crippen LogP contribution in [0, 0.1) is 0 Å². The number of benzene rings is 1. The number of hydrogen-bond acceptors (Lipinski definition) is 6. The fraction of sp³-hybridized carbons (Fsp3) is 0.565. The van der Waals surface area contributed by atoms with Gasteiger partial charge in [0.05, 0.1) is 17.1 Å². The predicted octanol–water partition coefficient (Wildman–Crippen LogP) is 3.24. The molecule has 2 aliphatic rings. The zero-order valence-electron chi connectivity index (χ0n) is 18.2. The van der Waals surface area contributed by atoms with Gasteiger partial charge in [-0.1, -0.05) is 19.1 Å². The molecule has 1 aromatic carbocycles. The van der Waals surface area contributed by atoms with E-state index in [4.69, 9.17) is 0 Å². The molecule has 4 heterocycles. The summed E-state index contributed by atoms with van der Waals surface area (Å²) in [6, 6.07) is 11.4. The molecule has 0 amide bonds. The topological polar surface area (TPSA) is 63.0 Å². The Labute approximate surface area is 178 Å². The van der Waals surface area contributed by atoms with Gasteiger partial charge < -0.3 is 0 Å². The molecule has 2 fully saturated rings. The number of rotatable bonds is 5. The zero-order valence-corrected chi connectivity index (χ0v) is 18.2. The van der Waals surface area contributed by atoms with Gasteiger partial charge in [-0.2, -0.15) is 0 Å². The van der Waals surface area contributed by atoms with E-state index in [1.165, 1.54) is 24.9 Å².